The molecule has 0 saturated heterocycles. The molecule has 0 spiro atoms. The third kappa shape index (κ3) is 2.70. The topological polar surface area (TPSA) is 69.3 Å². The van der Waals surface area contributed by atoms with Crippen molar-refractivity contribution in [3.63, 3.8) is 0 Å². The Balaban J connectivity index is 2.48. The summed E-state index contributed by atoms with van der Waals surface area (Å²) in [6.07, 6.45) is 0. The highest BCUT2D eigenvalue weighted by Gasteiger charge is 2.32. The predicted octanol–water partition coefficient (Wildman–Crippen LogP) is 1.79. The highest BCUT2D eigenvalue weighted by molar-refractivity contribution is 5.81. The minimum absolute atomic E-state index is 0.0414. The van der Waals surface area contributed by atoms with Crippen LogP contribution in [-0.2, 0) is 0 Å². The summed E-state index contributed by atoms with van der Waals surface area (Å²) < 4.78 is 16.2. The molecule has 1 atom stereocenters. The third-order valence-electron chi connectivity index (χ3n) is 3.68. The number of benzene rings is 1. The van der Waals surface area contributed by atoms with Crippen LogP contribution in [0.1, 0.15) is 25.5 Å². The minimum atomic E-state index is 0.0414. The molecule has 0 aromatic heterocycles. The fraction of sp³-hybridized carbons (Fsp3) is 0.533. The first-order chi connectivity index (χ1) is 10.0. The summed E-state index contributed by atoms with van der Waals surface area (Å²) in [7, 11) is 4.87. The summed E-state index contributed by atoms with van der Waals surface area (Å²) in [6, 6.07) is 4.06. The predicted molar refractivity (Wildman–Crippen MR) is 82.3 cm³/mol. The van der Waals surface area contributed by atoms with E-state index in [0.717, 1.165) is 11.3 Å². The number of guanidine groups is 1. The summed E-state index contributed by atoms with van der Waals surface area (Å²) in [5.41, 5.74) is 7.00. The van der Waals surface area contributed by atoms with Gasteiger partial charge in [0.05, 0.1) is 33.9 Å². The fourth-order valence-corrected chi connectivity index (χ4v) is 2.70. The standard InChI is InChI=1S/C15H23N3O3/c1-9(2)18-11(8-17-15(18)16)10-6-13(20-4)14(21-5)7-12(10)19-3/h6-7,9,11H,8H2,1-5H3,(H2,16,17). The Morgan fingerprint density at radius 3 is 2.19 bits per heavy atom. The maximum Gasteiger partial charge on any atom is 0.192 e. The molecule has 2 rings (SSSR count). The van der Waals surface area contributed by atoms with Gasteiger partial charge in [0.2, 0.25) is 0 Å². The van der Waals surface area contributed by atoms with Gasteiger partial charge in [0, 0.05) is 17.7 Å². The Bertz CT molecular complexity index is 543. The second-order valence-electron chi connectivity index (χ2n) is 5.16. The van der Waals surface area contributed by atoms with E-state index in [1.807, 2.05) is 12.1 Å². The average Bonchev–Trinajstić information content (AvgIpc) is 2.87. The first-order valence-electron chi connectivity index (χ1n) is 6.91. The lowest BCUT2D eigenvalue weighted by atomic mass is 10.0. The molecule has 0 radical (unpaired) electrons. The van der Waals surface area contributed by atoms with Crippen molar-refractivity contribution in [3.05, 3.63) is 17.7 Å². The van der Waals surface area contributed by atoms with Crippen molar-refractivity contribution < 1.29 is 14.2 Å². The van der Waals surface area contributed by atoms with E-state index in [0.29, 0.717) is 24.0 Å². The van der Waals surface area contributed by atoms with Gasteiger partial charge >= 0.3 is 0 Å². The average molecular weight is 293 g/mol. The van der Waals surface area contributed by atoms with Crippen LogP contribution in [-0.4, -0.2) is 44.8 Å². The number of hydrogen-bond donors (Lipinski definition) is 1. The number of rotatable bonds is 5. The number of nitrogens with zero attached hydrogens (tertiary/aromatic N) is 2. The van der Waals surface area contributed by atoms with Crippen LogP contribution in [0.5, 0.6) is 17.2 Å². The van der Waals surface area contributed by atoms with Crippen LogP contribution in [0.15, 0.2) is 17.1 Å². The largest absolute Gasteiger partial charge is 0.496 e. The number of aliphatic imine (C=N–C) groups is 1. The molecule has 0 aliphatic carbocycles. The molecule has 1 aliphatic rings. The molecular formula is C15H23N3O3. The molecule has 0 saturated carbocycles. The Morgan fingerprint density at radius 1 is 1.10 bits per heavy atom. The van der Waals surface area contributed by atoms with Gasteiger partial charge in [0.15, 0.2) is 17.5 Å². The van der Waals surface area contributed by atoms with Crippen LogP contribution in [0.3, 0.4) is 0 Å². The third-order valence-corrected chi connectivity index (χ3v) is 3.68. The Labute approximate surface area is 125 Å². The number of hydrogen-bond acceptors (Lipinski definition) is 6. The SMILES string of the molecule is COc1cc(OC)c(C2CN=C(N)N2C(C)C)cc1OC. The summed E-state index contributed by atoms with van der Waals surface area (Å²) in [6.45, 7) is 4.79. The van der Waals surface area contributed by atoms with Crippen LogP contribution in [0.25, 0.3) is 0 Å². The molecule has 0 amide bonds. The van der Waals surface area contributed by atoms with E-state index in [1.165, 1.54) is 0 Å². The maximum atomic E-state index is 6.00. The molecule has 21 heavy (non-hydrogen) atoms. The highest BCUT2D eigenvalue weighted by Crippen LogP contribution is 2.40. The summed E-state index contributed by atoms with van der Waals surface area (Å²) >= 11 is 0. The molecular weight excluding hydrogens is 270 g/mol. The number of nitrogens with two attached hydrogens (primary N) is 1. The maximum absolute atomic E-state index is 6.00. The minimum Gasteiger partial charge on any atom is -0.496 e. The van der Waals surface area contributed by atoms with E-state index in [1.54, 1.807) is 21.3 Å². The molecule has 0 fully saturated rings. The van der Waals surface area contributed by atoms with Crippen molar-refractivity contribution >= 4 is 5.96 Å². The molecule has 1 aliphatic heterocycles. The summed E-state index contributed by atoms with van der Waals surface area (Å²) in [4.78, 5) is 6.45. The molecule has 116 valence electrons. The fourth-order valence-electron chi connectivity index (χ4n) is 2.70. The van der Waals surface area contributed by atoms with Gasteiger partial charge in [-0.25, -0.2) is 0 Å². The van der Waals surface area contributed by atoms with Gasteiger partial charge in [0.25, 0.3) is 0 Å². The van der Waals surface area contributed by atoms with Gasteiger partial charge in [-0.1, -0.05) is 0 Å². The van der Waals surface area contributed by atoms with Crippen molar-refractivity contribution in [2.45, 2.75) is 25.9 Å². The Kier molecular flexibility index (Phi) is 4.45. The molecule has 2 N–H and O–H groups in total. The molecule has 6 nitrogen and oxygen atoms in total. The zero-order valence-corrected chi connectivity index (χ0v) is 13.2. The van der Waals surface area contributed by atoms with Crippen molar-refractivity contribution in [2.75, 3.05) is 27.9 Å². The summed E-state index contributed by atoms with van der Waals surface area (Å²) in [5.74, 6) is 2.61. The van der Waals surface area contributed by atoms with Crippen LogP contribution in [0.2, 0.25) is 0 Å². The molecule has 6 heteroatoms. The van der Waals surface area contributed by atoms with E-state index in [-0.39, 0.29) is 12.1 Å². The first-order valence-corrected chi connectivity index (χ1v) is 6.91. The molecule has 1 aromatic carbocycles. The lowest BCUT2D eigenvalue weighted by molar-refractivity contribution is 0.279. The smallest absolute Gasteiger partial charge is 0.192 e. The molecule has 1 heterocycles. The quantitative estimate of drug-likeness (QED) is 0.896. The van der Waals surface area contributed by atoms with Crippen molar-refractivity contribution in [2.24, 2.45) is 10.7 Å². The van der Waals surface area contributed by atoms with Crippen LogP contribution in [0.4, 0.5) is 0 Å². The Hall–Kier alpha value is -2.11. The summed E-state index contributed by atoms with van der Waals surface area (Å²) in [5, 5.41) is 0. The van der Waals surface area contributed by atoms with Gasteiger partial charge in [0.1, 0.15) is 5.75 Å². The van der Waals surface area contributed by atoms with Crippen LogP contribution < -0.4 is 19.9 Å². The number of ether oxygens (including phenoxy) is 3. The van der Waals surface area contributed by atoms with E-state index in [2.05, 4.69) is 23.7 Å². The lowest BCUT2D eigenvalue weighted by Gasteiger charge is -2.31. The second-order valence-corrected chi connectivity index (χ2v) is 5.16. The van der Waals surface area contributed by atoms with E-state index in [4.69, 9.17) is 19.9 Å². The van der Waals surface area contributed by atoms with Gasteiger partial charge in [-0.05, 0) is 19.9 Å². The van der Waals surface area contributed by atoms with Gasteiger partial charge in [-0.15, -0.1) is 0 Å². The normalized spacial score (nSPS) is 17.9. The Morgan fingerprint density at radius 2 is 1.67 bits per heavy atom. The molecule has 1 aromatic rings. The highest BCUT2D eigenvalue weighted by atomic mass is 16.5. The zero-order chi connectivity index (χ0) is 15.6. The van der Waals surface area contributed by atoms with Crippen LogP contribution in [0, 0.1) is 0 Å². The monoisotopic (exact) mass is 293 g/mol. The number of methoxy groups -OCH3 is 3. The van der Waals surface area contributed by atoms with E-state index in [9.17, 15) is 0 Å². The van der Waals surface area contributed by atoms with E-state index >= 15 is 0 Å². The molecule has 1 unspecified atom stereocenters. The molecule has 0 bridgehead atoms. The first kappa shape index (κ1) is 15.3. The van der Waals surface area contributed by atoms with Crippen molar-refractivity contribution in [1.29, 1.82) is 0 Å². The lowest BCUT2D eigenvalue weighted by Crippen LogP contribution is -2.41. The van der Waals surface area contributed by atoms with Crippen LogP contribution >= 0.6 is 0 Å². The zero-order valence-electron chi connectivity index (χ0n) is 13.2. The van der Waals surface area contributed by atoms with Gasteiger partial charge in [-0.3, -0.25) is 4.99 Å². The van der Waals surface area contributed by atoms with E-state index < -0.39 is 0 Å². The van der Waals surface area contributed by atoms with Gasteiger partial charge in [-0.2, -0.15) is 0 Å². The van der Waals surface area contributed by atoms with Crippen molar-refractivity contribution in [1.82, 2.24) is 4.90 Å². The second kappa shape index (κ2) is 6.11. The van der Waals surface area contributed by atoms with Crippen molar-refractivity contribution in [3.8, 4) is 17.2 Å². The van der Waals surface area contributed by atoms with Gasteiger partial charge < -0.3 is 24.8 Å².